The maximum absolute atomic E-state index is 9.02. The minimum Gasteiger partial charge on any atom is -0.491 e. The Hall–Kier alpha value is -1.53. The first-order valence-electron chi connectivity index (χ1n) is 7.53. The maximum Gasteiger partial charge on any atom is 0.137 e. The molecule has 0 N–H and O–H groups in total. The lowest BCUT2D eigenvalue weighted by Gasteiger charge is -2.34. The summed E-state index contributed by atoms with van der Waals surface area (Å²) in [6, 6.07) is 10.3. The van der Waals surface area contributed by atoms with Crippen molar-refractivity contribution in [2.45, 2.75) is 38.6 Å². The number of ether oxygens (including phenoxy) is 1. The van der Waals surface area contributed by atoms with Gasteiger partial charge in [0, 0.05) is 12.6 Å². The first kappa shape index (κ1) is 14.9. The van der Waals surface area contributed by atoms with Crippen molar-refractivity contribution in [1.29, 1.82) is 5.26 Å². The lowest BCUT2D eigenvalue weighted by atomic mass is 9.86. The molecule has 0 aliphatic heterocycles. The van der Waals surface area contributed by atoms with Crippen molar-refractivity contribution in [3.63, 3.8) is 0 Å². The zero-order valence-corrected chi connectivity index (χ0v) is 12.5. The minimum absolute atomic E-state index is 0.612. The van der Waals surface area contributed by atoms with E-state index in [0.29, 0.717) is 24.0 Å². The van der Waals surface area contributed by atoms with E-state index in [0.717, 1.165) is 12.5 Å². The van der Waals surface area contributed by atoms with Crippen LogP contribution in [0.3, 0.4) is 0 Å². The van der Waals surface area contributed by atoms with E-state index in [2.05, 4.69) is 24.9 Å². The molecule has 0 amide bonds. The predicted octanol–water partition coefficient (Wildman–Crippen LogP) is 3.45. The van der Waals surface area contributed by atoms with E-state index < -0.39 is 0 Å². The van der Waals surface area contributed by atoms with Crippen LogP contribution in [0.15, 0.2) is 24.3 Å². The second-order valence-electron chi connectivity index (χ2n) is 5.86. The fourth-order valence-corrected chi connectivity index (χ4v) is 2.97. The van der Waals surface area contributed by atoms with E-state index in [4.69, 9.17) is 10.00 Å². The Bertz CT molecular complexity index is 466. The summed E-state index contributed by atoms with van der Waals surface area (Å²) in [5, 5.41) is 9.02. The number of likely N-dealkylation sites (N-methyl/N-ethyl adjacent to an activating group) is 1. The molecule has 0 saturated heterocycles. The second kappa shape index (κ2) is 7.31. The highest BCUT2D eigenvalue weighted by molar-refractivity contribution is 5.42. The molecule has 1 aliphatic carbocycles. The normalized spacial score (nSPS) is 22.5. The van der Waals surface area contributed by atoms with E-state index in [9.17, 15) is 0 Å². The van der Waals surface area contributed by atoms with Gasteiger partial charge in [0.25, 0.3) is 0 Å². The highest BCUT2D eigenvalue weighted by Gasteiger charge is 2.22. The smallest absolute Gasteiger partial charge is 0.137 e. The summed E-state index contributed by atoms with van der Waals surface area (Å²) in [4.78, 5) is 2.41. The second-order valence-corrected chi connectivity index (χ2v) is 5.86. The Labute approximate surface area is 122 Å². The van der Waals surface area contributed by atoms with Crippen LogP contribution in [0.25, 0.3) is 0 Å². The number of hydrogen-bond acceptors (Lipinski definition) is 3. The predicted molar refractivity (Wildman–Crippen MR) is 80.7 cm³/mol. The third-order valence-corrected chi connectivity index (χ3v) is 4.24. The molecule has 1 fully saturated rings. The number of hydrogen-bond donors (Lipinski definition) is 0. The molecule has 20 heavy (non-hydrogen) atoms. The van der Waals surface area contributed by atoms with Crippen LogP contribution in [-0.4, -0.2) is 31.1 Å². The Kier molecular flexibility index (Phi) is 5.43. The molecule has 0 heterocycles. The highest BCUT2D eigenvalue weighted by atomic mass is 16.5. The first-order chi connectivity index (χ1) is 9.70. The van der Waals surface area contributed by atoms with Gasteiger partial charge in [-0.3, -0.25) is 0 Å². The van der Waals surface area contributed by atoms with Gasteiger partial charge in [0.15, 0.2) is 0 Å². The Balaban J connectivity index is 1.79. The maximum atomic E-state index is 9.02. The summed E-state index contributed by atoms with van der Waals surface area (Å²) in [6.07, 6.45) is 5.31. The molecular formula is C17H24N2O. The molecule has 1 aliphatic rings. The number of rotatable bonds is 5. The van der Waals surface area contributed by atoms with Crippen molar-refractivity contribution in [1.82, 2.24) is 4.90 Å². The molecule has 2 rings (SSSR count). The fourth-order valence-electron chi connectivity index (χ4n) is 2.97. The Morgan fingerprint density at radius 2 is 2.15 bits per heavy atom. The molecule has 2 atom stereocenters. The lowest BCUT2D eigenvalue weighted by Crippen LogP contribution is -2.38. The monoisotopic (exact) mass is 272 g/mol. The van der Waals surface area contributed by atoms with Crippen molar-refractivity contribution in [3.05, 3.63) is 29.8 Å². The van der Waals surface area contributed by atoms with Crippen molar-refractivity contribution in [2.24, 2.45) is 5.92 Å². The van der Waals surface area contributed by atoms with Crippen LogP contribution in [0.1, 0.15) is 38.2 Å². The molecule has 0 bridgehead atoms. The van der Waals surface area contributed by atoms with Gasteiger partial charge in [-0.15, -0.1) is 0 Å². The van der Waals surface area contributed by atoms with E-state index >= 15 is 0 Å². The minimum atomic E-state index is 0.612. The quantitative estimate of drug-likeness (QED) is 0.823. The van der Waals surface area contributed by atoms with Gasteiger partial charge >= 0.3 is 0 Å². The fraction of sp³-hybridized carbons (Fsp3) is 0.588. The number of para-hydroxylation sites is 1. The average Bonchev–Trinajstić information content (AvgIpc) is 2.47. The van der Waals surface area contributed by atoms with Gasteiger partial charge in [-0.25, -0.2) is 0 Å². The Morgan fingerprint density at radius 3 is 2.90 bits per heavy atom. The standard InChI is InChI=1S/C17H24N2O/c1-14-6-5-8-16(12-14)19(2)10-11-20-17-9-4-3-7-15(17)13-18/h3-4,7,9,14,16H,5-6,8,10-12H2,1-2H3. The molecule has 1 aromatic rings. The van der Waals surface area contributed by atoms with Crippen molar-refractivity contribution in [3.8, 4) is 11.8 Å². The van der Waals surface area contributed by atoms with Crippen LogP contribution in [0.5, 0.6) is 5.75 Å². The van der Waals surface area contributed by atoms with E-state index in [1.165, 1.54) is 25.7 Å². The third kappa shape index (κ3) is 3.98. The molecule has 0 aromatic heterocycles. The zero-order valence-electron chi connectivity index (χ0n) is 12.5. The van der Waals surface area contributed by atoms with Crippen LogP contribution in [0.2, 0.25) is 0 Å². The molecule has 0 spiro atoms. The number of nitriles is 1. The van der Waals surface area contributed by atoms with Crippen LogP contribution in [0.4, 0.5) is 0 Å². The van der Waals surface area contributed by atoms with Gasteiger partial charge < -0.3 is 9.64 Å². The van der Waals surface area contributed by atoms with E-state index in [1.54, 1.807) is 6.07 Å². The molecule has 3 heteroatoms. The van der Waals surface area contributed by atoms with Crippen LogP contribution in [0, 0.1) is 17.2 Å². The van der Waals surface area contributed by atoms with Gasteiger partial charge in [0.2, 0.25) is 0 Å². The molecule has 1 aromatic carbocycles. The number of nitrogens with zero attached hydrogens (tertiary/aromatic N) is 2. The highest BCUT2D eigenvalue weighted by Crippen LogP contribution is 2.26. The largest absolute Gasteiger partial charge is 0.491 e. The summed E-state index contributed by atoms with van der Waals surface area (Å²) in [6.45, 7) is 3.90. The lowest BCUT2D eigenvalue weighted by molar-refractivity contribution is 0.140. The van der Waals surface area contributed by atoms with Crippen LogP contribution >= 0.6 is 0 Å². The van der Waals surface area contributed by atoms with Gasteiger partial charge in [0.05, 0.1) is 5.56 Å². The van der Waals surface area contributed by atoms with Gasteiger partial charge in [-0.1, -0.05) is 31.9 Å². The topological polar surface area (TPSA) is 36.3 Å². The van der Waals surface area contributed by atoms with Gasteiger partial charge in [0.1, 0.15) is 18.4 Å². The summed E-state index contributed by atoms with van der Waals surface area (Å²) >= 11 is 0. The Morgan fingerprint density at radius 1 is 1.35 bits per heavy atom. The molecule has 3 nitrogen and oxygen atoms in total. The summed E-state index contributed by atoms with van der Waals surface area (Å²) in [7, 11) is 2.18. The first-order valence-corrected chi connectivity index (χ1v) is 7.53. The van der Waals surface area contributed by atoms with E-state index in [-0.39, 0.29) is 0 Å². The molecule has 0 radical (unpaired) electrons. The number of benzene rings is 1. The third-order valence-electron chi connectivity index (χ3n) is 4.24. The zero-order chi connectivity index (χ0) is 14.4. The summed E-state index contributed by atoms with van der Waals surface area (Å²) < 4.78 is 5.75. The molecule has 108 valence electrons. The summed E-state index contributed by atoms with van der Waals surface area (Å²) in [5.41, 5.74) is 0.612. The van der Waals surface area contributed by atoms with E-state index in [1.807, 2.05) is 18.2 Å². The van der Waals surface area contributed by atoms with Crippen molar-refractivity contribution >= 4 is 0 Å². The average molecular weight is 272 g/mol. The van der Waals surface area contributed by atoms with Gasteiger partial charge in [-0.05, 0) is 37.9 Å². The van der Waals surface area contributed by atoms with Crippen LogP contribution in [-0.2, 0) is 0 Å². The molecule has 1 saturated carbocycles. The summed E-state index contributed by atoms with van der Waals surface area (Å²) in [5.74, 6) is 1.54. The van der Waals surface area contributed by atoms with Crippen LogP contribution < -0.4 is 4.74 Å². The van der Waals surface area contributed by atoms with Gasteiger partial charge in [-0.2, -0.15) is 5.26 Å². The van der Waals surface area contributed by atoms with Crippen molar-refractivity contribution < 1.29 is 4.74 Å². The molecule has 2 unspecified atom stereocenters. The van der Waals surface area contributed by atoms with Crippen molar-refractivity contribution in [2.75, 3.05) is 20.2 Å². The molecular weight excluding hydrogens is 248 g/mol. The SMILES string of the molecule is CC1CCCC(N(C)CCOc2ccccc2C#N)C1.